The summed E-state index contributed by atoms with van der Waals surface area (Å²) in [6.07, 6.45) is 12.3. The van der Waals surface area contributed by atoms with Gasteiger partial charge in [0.25, 0.3) is 0 Å². The van der Waals surface area contributed by atoms with Crippen LogP contribution in [0.15, 0.2) is 48.9 Å². The number of nitrogens with zero attached hydrogens (tertiary/aromatic N) is 4. The number of thiazole rings is 1. The van der Waals surface area contributed by atoms with Crippen molar-refractivity contribution >= 4 is 33.5 Å². The number of hydrogen-bond acceptors (Lipinski definition) is 5. The molecular formula is C17H21N5S. The average Bonchev–Trinajstić information content (AvgIpc) is 3.20. The summed E-state index contributed by atoms with van der Waals surface area (Å²) in [4.78, 5) is 13.0. The quantitative estimate of drug-likeness (QED) is 0.690. The Morgan fingerprint density at radius 3 is 2.70 bits per heavy atom. The van der Waals surface area contributed by atoms with Crippen LogP contribution in [-0.4, -0.2) is 19.4 Å². The van der Waals surface area contributed by atoms with E-state index < -0.39 is 0 Å². The van der Waals surface area contributed by atoms with Gasteiger partial charge in [0, 0.05) is 24.0 Å². The molecule has 3 heterocycles. The van der Waals surface area contributed by atoms with Crippen molar-refractivity contribution < 1.29 is 0 Å². The molecule has 1 N–H and O–H groups in total. The molecule has 0 aromatic carbocycles. The van der Waals surface area contributed by atoms with Gasteiger partial charge in [0.1, 0.15) is 0 Å². The molecule has 120 valence electrons. The maximum Gasteiger partial charge on any atom is 0.188 e. The van der Waals surface area contributed by atoms with E-state index in [1.165, 1.54) is 17.8 Å². The van der Waals surface area contributed by atoms with E-state index in [9.17, 15) is 0 Å². The number of nitrogens with one attached hydrogen (secondary N) is 1. The summed E-state index contributed by atoms with van der Waals surface area (Å²) in [6, 6.07) is 0. The van der Waals surface area contributed by atoms with Crippen molar-refractivity contribution in [1.29, 1.82) is 0 Å². The van der Waals surface area contributed by atoms with E-state index in [1.807, 2.05) is 41.3 Å². The van der Waals surface area contributed by atoms with Gasteiger partial charge in [0.05, 0.1) is 11.9 Å². The Kier molecular flexibility index (Phi) is 6.05. The fraction of sp³-hybridized carbons (Fsp3) is 0.235. The lowest BCUT2D eigenvalue weighted by molar-refractivity contribution is 1.09. The molecule has 0 unspecified atom stereocenters. The predicted molar refractivity (Wildman–Crippen MR) is 98.2 cm³/mol. The fourth-order valence-corrected chi connectivity index (χ4v) is 2.51. The molecule has 0 bridgehead atoms. The molecular weight excluding hydrogens is 306 g/mol. The minimum Gasteiger partial charge on any atom is -0.313 e. The first-order valence-electron chi connectivity index (χ1n) is 7.52. The van der Waals surface area contributed by atoms with Gasteiger partial charge in [-0.2, -0.15) is 0 Å². The topological polar surface area (TPSA) is 55.1 Å². The third kappa shape index (κ3) is 3.84. The zero-order valence-corrected chi connectivity index (χ0v) is 14.5. The van der Waals surface area contributed by atoms with Crippen molar-refractivity contribution in [2.75, 3.05) is 5.32 Å². The molecule has 0 saturated carbocycles. The number of imidazole rings is 1. The minimum atomic E-state index is 0.688. The molecule has 0 aliphatic heterocycles. The summed E-state index contributed by atoms with van der Waals surface area (Å²) in [5.74, 6) is 0.688. The molecule has 0 aliphatic rings. The number of fused-ring (bicyclic) bond motifs is 1. The second-order valence-electron chi connectivity index (χ2n) is 4.73. The van der Waals surface area contributed by atoms with Crippen LogP contribution in [0.3, 0.4) is 0 Å². The lowest BCUT2D eigenvalue weighted by Crippen LogP contribution is -1.98. The molecule has 3 aromatic heterocycles. The van der Waals surface area contributed by atoms with E-state index in [1.54, 1.807) is 12.4 Å². The molecule has 0 atom stereocenters. The molecule has 0 saturated heterocycles. The van der Waals surface area contributed by atoms with Gasteiger partial charge in [-0.25, -0.2) is 15.0 Å². The molecule has 23 heavy (non-hydrogen) atoms. The van der Waals surface area contributed by atoms with Crippen molar-refractivity contribution in [1.82, 2.24) is 19.4 Å². The highest BCUT2D eigenvalue weighted by atomic mass is 32.1. The molecule has 0 fully saturated rings. The number of allylic oxidation sites excluding steroid dienone is 3. The van der Waals surface area contributed by atoms with Crippen molar-refractivity contribution in [2.24, 2.45) is 0 Å². The maximum atomic E-state index is 4.44. The van der Waals surface area contributed by atoms with Gasteiger partial charge in [-0.1, -0.05) is 39.0 Å². The summed E-state index contributed by atoms with van der Waals surface area (Å²) < 4.78 is 1.99. The number of hydrogen-bond donors (Lipinski definition) is 1. The highest BCUT2D eigenvalue weighted by molar-refractivity contribution is 7.13. The summed E-state index contributed by atoms with van der Waals surface area (Å²) >= 11 is 1.52. The molecule has 0 spiro atoms. The normalized spacial score (nSPS) is 11.0. The summed E-state index contributed by atoms with van der Waals surface area (Å²) in [6.45, 7) is 10.1. The number of aromatic nitrogens is 4. The van der Waals surface area contributed by atoms with E-state index in [2.05, 4.69) is 40.7 Å². The minimum absolute atomic E-state index is 0.688. The second kappa shape index (κ2) is 8.24. The standard InChI is InChI=1S/C14H13N5S.C3H8/c1-3-10(4-2)11-9-17-13-12(15-5-7-19(11)13)18-14-16-6-8-20-14;1-3-2/h3-9H,1H2,2H3,(H,15,16,18);3H2,1-2H3/b10-4+;. The molecule has 0 aliphatic carbocycles. The Hall–Kier alpha value is -2.47. The molecule has 0 radical (unpaired) electrons. The smallest absolute Gasteiger partial charge is 0.188 e. The van der Waals surface area contributed by atoms with Crippen molar-refractivity contribution in [3.8, 4) is 0 Å². The first kappa shape index (κ1) is 16.9. The molecule has 0 amide bonds. The average molecular weight is 327 g/mol. The first-order valence-corrected chi connectivity index (χ1v) is 8.40. The fourth-order valence-electron chi connectivity index (χ4n) is 1.98. The summed E-state index contributed by atoms with van der Waals surface area (Å²) in [5, 5.41) is 5.89. The van der Waals surface area contributed by atoms with E-state index in [-0.39, 0.29) is 0 Å². The zero-order valence-electron chi connectivity index (χ0n) is 13.7. The highest BCUT2D eigenvalue weighted by Crippen LogP contribution is 2.23. The van der Waals surface area contributed by atoms with Crippen LogP contribution in [0.4, 0.5) is 10.9 Å². The first-order chi connectivity index (χ1) is 11.2. The van der Waals surface area contributed by atoms with Gasteiger partial charge < -0.3 is 5.32 Å². The number of anilines is 2. The Labute approximate surface area is 140 Å². The van der Waals surface area contributed by atoms with E-state index in [0.29, 0.717) is 5.82 Å². The van der Waals surface area contributed by atoms with Crippen LogP contribution in [0.25, 0.3) is 11.2 Å². The third-order valence-corrected chi connectivity index (χ3v) is 3.60. The highest BCUT2D eigenvalue weighted by Gasteiger charge is 2.10. The van der Waals surface area contributed by atoms with Crippen molar-refractivity contribution in [3.05, 3.63) is 54.6 Å². The van der Waals surface area contributed by atoms with Crippen LogP contribution in [0.5, 0.6) is 0 Å². The zero-order chi connectivity index (χ0) is 16.7. The van der Waals surface area contributed by atoms with Crippen LogP contribution in [0.2, 0.25) is 0 Å². The molecule has 3 rings (SSSR count). The Bertz CT molecular complexity index is 787. The Morgan fingerprint density at radius 1 is 1.30 bits per heavy atom. The van der Waals surface area contributed by atoms with Crippen molar-refractivity contribution in [2.45, 2.75) is 27.2 Å². The Balaban J connectivity index is 0.000000595. The van der Waals surface area contributed by atoms with Gasteiger partial charge in [-0.05, 0) is 12.5 Å². The molecule has 5 nitrogen and oxygen atoms in total. The lowest BCUT2D eigenvalue weighted by Gasteiger charge is -2.05. The van der Waals surface area contributed by atoms with Crippen LogP contribution < -0.4 is 5.32 Å². The van der Waals surface area contributed by atoms with E-state index in [4.69, 9.17) is 0 Å². The third-order valence-electron chi connectivity index (χ3n) is 2.91. The van der Waals surface area contributed by atoms with E-state index in [0.717, 1.165) is 22.0 Å². The molecule has 6 heteroatoms. The van der Waals surface area contributed by atoms with Gasteiger partial charge in [-0.15, -0.1) is 11.3 Å². The summed E-state index contributed by atoms with van der Waals surface area (Å²) in [5.41, 5.74) is 2.78. The van der Waals surface area contributed by atoms with Crippen LogP contribution >= 0.6 is 11.3 Å². The lowest BCUT2D eigenvalue weighted by atomic mass is 10.2. The van der Waals surface area contributed by atoms with Crippen molar-refractivity contribution in [3.63, 3.8) is 0 Å². The second-order valence-corrected chi connectivity index (χ2v) is 5.62. The summed E-state index contributed by atoms with van der Waals surface area (Å²) in [7, 11) is 0. The van der Waals surface area contributed by atoms with Gasteiger partial charge in [0.2, 0.25) is 0 Å². The van der Waals surface area contributed by atoms with Gasteiger partial charge in [0.15, 0.2) is 16.6 Å². The van der Waals surface area contributed by atoms with Crippen LogP contribution in [0.1, 0.15) is 32.9 Å². The van der Waals surface area contributed by atoms with Gasteiger partial charge >= 0.3 is 0 Å². The monoisotopic (exact) mass is 327 g/mol. The SMILES string of the molecule is C=C/C(=C\C)c1cnc2c(Nc3nccs3)nccn12.CCC. The maximum absolute atomic E-state index is 4.44. The predicted octanol–water partition coefficient (Wildman–Crippen LogP) is 4.94. The van der Waals surface area contributed by atoms with Crippen LogP contribution in [0, 0.1) is 0 Å². The largest absolute Gasteiger partial charge is 0.313 e. The van der Waals surface area contributed by atoms with Crippen LogP contribution in [-0.2, 0) is 0 Å². The van der Waals surface area contributed by atoms with E-state index >= 15 is 0 Å². The van der Waals surface area contributed by atoms with Gasteiger partial charge in [-0.3, -0.25) is 4.40 Å². The molecule has 3 aromatic rings. The Morgan fingerprint density at radius 2 is 2.09 bits per heavy atom. The number of rotatable bonds is 4.